The molecule has 3 nitrogen and oxygen atoms in total. The van der Waals surface area contributed by atoms with Crippen molar-refractivity contribution < 1.29 is 4.42 Å². The van der Waals surface area contributed by atoms with Crippen LogP contribution >= 0.6 is 11.8 Å². The lowest BCUT2D eigenvalue weighted by Gasteiger charge is -1.98. The van der Waals surface area contributed by atoms with E-state index in [2.05, 4.69) is 9.97 Å². The molecule has 0 amide bonds. The molecule has 0 atom stereocenters. The summed E-state index contributed by atoms with van der Waals surface area (Å²) in [6.45, 7) is 3.82. The monoisotopic (exact) mass is 206 g/mol. The first-order valence-electron chi connectivity index (χ1n) is 4.27. The second-order valence-corrected chi connectivity index (χ2v) is 3.95. The van der Waals surface area contributed by atoms with Gasteiger partial charge >= 0.3 is 0 Å². The van der Waals surface area contributed by atoms with Gasteiger partial charge in [-0.15, -0.1) is 0 Å². The standard InChI is InChI=1S/C10H10N2OS/c1-7-9(4-6-13-7)14-10-3-5-11-8(2)12-10/h3-6H,1-2H3. The Kier molecular flexibility index (Phi) is 2.54. The van der Waals surface area contributed by atoms with E-state index in [1.807, 2.05) is 26.0 Å². The van der Waals surface area contributed by atoms with E-state index in [0.717, 1.165) is 21.5 Å². The van der Waals surface area contributed by atoms with Crippen LogP contribution in [0.25, 0.3) is 0 Å². The fourth-order valence-corrected chi connectivity index (χ4v) is 1.93. The van der Waals surface area contributed by atoms with E-state index in [-0.39, 0.29) is 0 Å². The first-order valence-corrected chi connectivity index (χ1v) is 5.09. The third-order valence-electron chi connectivity index (χ3n) is 1.78. The number of hydrogen-bond donors (Lipinski definition) is 0. The zero-order valence-corrected chi connectivity index (χ0v) is 8.84. The smallest absolute Gasteiger partial charge is 0.126 e. The van der Waals surface area contributed by atoms with Crippen LogP contribution in [0.5, 0.6) is 0 Å². The van der Waals surface area contributed by atoms with Crippen LogP contribution in [0.2, 0.25) is 0 Å². The van der Waals surface area contributed by atoms with Gasteiger partial charge < -0.3 is 4.42 Å². The Morgan fingerprint density at radius 1 is 1.29 bits per heavy atom. The van der Waals surface area contributed by atoms with Gasteiger partial charge in [0.2, 0.25) is 0 Å². The van der Waals surface area contributed by atoms with E-state index in [1.165, 1.54) is 0 Å². The minimum Gasteiger partial charge on any atom is -0.468 e. The van der Waals surface area contributed by atoms with Gasteiger partial charge in [0.25, 0.3) is 0 Å². The summed E-state index contributed by atoms with van der Waals surface area (Å²) in [5.74, 6) is 1.71. The summed E-state index contributed by atoms with van der Waals surface area (Å²) in [7, 11) is 0. The van der Waals surface area contributed by atoms with Crippen molar-refractivity contribution in [2.75, 3.05) is 0 Å². The van der Waals surface area contributed by atoms with Crippen molar-refractivity contribution in [2.24, 2.45) is 0 Å². The maximum Gasteiger partial charge on any atom is 0.126 e. The van der Waals surface area contributed by atoms with Crippen molar-refractivity contribution in [3.8, 4) is 0 Å². The number of aromatic nitrogens is 2. The average molecular weight is 206 g/mol. The van der Waals surface area contributed by atoms with E-state index >= 15 is 0 Å². The largest absolute Gasteiger partial charge is 0.468 e. The highest BCUT2D eigenvalue weighted by atomic mass is 32.2. The fraction of sp³-hybridized carbons (Fsp3) is 0.200. The third kappa shape index (κ3) is 1.96. The molecule has 0 radical (unpaired) electrons. The normalized spacial score (nSPS) is 10.4. The van der Waals surface area contributed by atoms with Gasteiger partial charge in [0.05, 0.1) is 11.2 Å². The molecule has 72 valence electrons. The van der Waals surface area contributed by atoms with Crippen molar-refractivity contribution in [1.82, 2.24) is 9.97 Å². The summed E-state index contributed by atoms with van der Waals surface area (Å²) in [5.41, 5.74) is 0. The van der Waals surface area contributed by atoms with Crippen LogP contribution < -0.4 is 0 Å². The molecule has 2 heterocycles. The van der Waals surface area contributed by atoms with Gasteiger partial charge in [-0.3, -0.25) is 0 Å². The van der Waals surface area contributed by atoms with E-state index in [9.17, 15) is 0 Å². The van der Waals surface area contributed by atoms with Crippen molar-refractivity contribution >= 4 is 11.8 Å². The van der Waals surface area contributed by atoms with Gasteiger partial charge in [0.15, 0.2) is 0 Å². The average Bonchev–Trinajstić information content (AvgIpc) is 2.52. The fourth-order valence-electron chi connectivity index (χ4n) is 1.08. The van der Waals surface area contributed by atoms with Crippen molar-refractivity contribution in [3.05, 3.63) is 36.2 Å². The molecule has 0 aliphatic heterocycles. The lowest BCUT2D eigenvalue weighted by atomic mass is 10.5. The quantitative estimate of drug-likeness (QED) is 0.708. The number of nitrogens with zero attached hydrogens (tertiary/aromatic N) is 2. The zero-order chi connectivity index (χ0) is 9.97. The van der Waals surface area contributed by atoms with Gasteiger partial charge in [-0.25, -0.2) is 9.97 Å². The summed E-state index contributed by atoms with van der Waals surface area (Å²) < 4.78 is 5.20. The molecule has 2 rings (SSSR count). The first kappa shape index (κ1) is 9.27. The van der Waals surface area contributed by atoms with Crippen molar-refractivity contribution in [3.63, 3.8) is 0 Å². The van der Waals surface area contributed by atoms with Crippen LogP contribution in [0.15, 0.2) is 38.9 Å². The van der Waals surface area contributed by atoms with E-state index in [0.29, 0.717) is 0 Å². The highest BCUT2D eigenvalue weighted by molar-refractivity contribution is 7.99. The summed E-state index contributed by atoms with van der Waals surface area (Å²) in [6, 6.07) is 3.83. The second-order valence-electron chi connectivity index (χ2n) is 2.89. The summed E-state index contributed by atoms with van der Waals surface area (Å²) in [4.78, 5) is 9.44. The molecular formula is C10H10N2OS. The van der Waals surface area contributed by atoms with Crippen molar-refractivity contribution in [1.29, 1.82) is 0 Å². The van der Waals surface area contributed by atoms with Crippen LogP contribution in [0.4, 0.5) is 0 Å². The topological polar surface area (TPSA) is 38.9 Å². The Hall–Kier alpha value is -1.29. The predicted molar refractivity (Wildman–Crippen MR) is 54.3 cm³/mol. The Bertz CT molecular complexity index is 439. The van der Waals surface area contributed by atoms with Crippen LogP contribution in [0.3, 0.4) is 0 Å². The molecule has 0 saturated carbocycles. The third-order valence-corrected chi connectivity index (χ3v) is 2.86. The number of rotatable bonds is 2. The van der Waals surface area contributed by atoms with Crippen LogP contribution in [0, 0.1) is 13.8 Å². The summed E-state index contributed by atoms with van der Waals surface area (Å²) in [6.07, 6.45) is 3.45. The zero-order valence-electron chi connectivity index (χ0n) is 8.02. The number of aryl methyl sites for hydroxylation is 2. The molecule has 0 aliphatic rings. The van der Waals surface area contributed by atoms with E-state index in [1.54, 1.807) is 24.2 Å². The minimum absolute atomic E-state index is 0.788. The summed E-state index contributed by atoms with van der Waals surface area (Å²) >= 11 is 1.59. The molecule has 14 heavy (non-hydrogen) atoms. The Morgan fingerprint density at radius 2 is 2.14 bits per heavy atom. The maximum atomic E-state index is 5.20. The molecular weight excluding hydrogens is 196 g/mol. The van der Waals surface area contributed by atoms with Gasteiger partial charge in [-0.05, 0) is 26.0 Å². The van der Waals surface area contributed by atoms with Gasteiger partial charge in [-0.2, -0.15) is 0 Å². The highest BCUT2D eigenvalue weighted by Gasteiger charge is 2.04. The molecule has 0 saturated heterocycles. The highest BCUT2D eigenvalue weighted by Crippen LogP contribution is 2.28. The molecule has 0 aliphatic carbocycles. The Balaban J connectivity index is 2.23. The predicted octanol–water partition coefficient (Wildman–Crippen LogP) is 2.84. The van der Waals surface area contributed by atoms with Gasteiger partial charge in [0, 0.05) is 6.20 Å². The molecule has 0 unspecified atom stereocenters. The maximum absolute atomic E-state index is 5.20. The molecule has 4 heteroatoms. The second kappa shape index (κ2) is 3.84. The van der Waals surface area contributed by atoms with E-state index in [4.69, 9.17) is 4.42 Å². The Morgan fingerprint density at radius 3 is 2.79 bits per heavy atom. The molecule has 2 aromatic heterocycles. The summed E-state index contributed by atoms with van der Waals surface area (Å²) in [5, 5.41) is 0.946. The number of hydrogen-bond acceptors (Lipinski definition) is 4. The van der Waals surface area contributed by atoms with E-state index < -0.39 is 0 Å². The molecule has 2 aromatic rings. The molecule has 0 spiro atoms. The molecule has 0 N–H and O–H groups in total. The van der Waals surface area contributed by atoms with Crippen LogP contribution in [-0.2, 0) is 0 Å². The van der Waals surface area contributed by atoms with Gasteiger partial charge in [0.1, 0.15) is 16.6 Å². The first-order chi connectivity index (χ1) is 6.75. The lowest BCUT2D eigenvalue weighted by molar-refractivity contribution is 0.527. The molecule has 0 bridgehead atoms. The molecule has 0 fully saturated rings. The number of furan rings is 1. The van der Waals surface area contributed by atoms with Crippen LogP contribution in [0.1, 0.15) is 11.6 Å². The SMILES string of the molecule is Cc1nccc(Sc2ccoc2C)n1. The van der Waals surface area contributed by atoms with Crippen LogP contribution in [-0.4, -0.2) is 9.97 Å². The minimum atomic E-state index is 0.788. The van der Waals surface area contributed by atoms with Crippen molar-refractivity contribution in [2.45, 2.75) is 23.8 Å². The van der Waals surface area contributed by atoms with Gasteiger partial charge in [-0.1, -0.05) is 11.8 Å². The lowest BCUT2D eigenvalue weighted by Crippen LogP contribution is -1.87. The Labute approximate surface area is 86.6 Å². The molecule has 0 aromatic carbocycles.